The minimum Gasteiger partial charge on any atom is -0.364 e. The maximum atomic E-state index is 12.5. The first kappa shape index (κ1) is 19.7. The van der Waals surface area contributed by atoms with Crippen molar-refractivity contribution in [1.29, 1.82) is 0 Å². The minimum absolute atomic E-state index is 0.115. The molecule has 1 aliphatic heterocycles. The van der Waals surface area contributed by atoms with Gasteiger partial charge in [0.25, 0.3) is 5.91 Å². The Labute approximate surface area is 171 Å². The number of nitrogens with one attached hydrogen (secondary N) is 3. The molecule has 0 saturated heterocycles. The van der Waals surface area contributed by atoms with E-state index in [9.17, 15) is 13.2 Å². The lowest BCUT2D eigenvalue weighted by Gasteiger charge is -2.28. The van der Waals surface area contributed by atoms with Crippen LogP contribution in [0.3, 0.4) is 0 Å². The summed E-state index contributed by atoms with van der Waals surface area (Å²) in [6.07, 6.45) is 7.40. The third kappa shape index (κ3) is 4.52. The molecule has 1 aliphatic carbocycles. The number of para-hydroxylation sites is 1. The summed E-state index contributed by atoms with van der Waals surface area (Å²) in [7, 11) is -3.59. The number of benzene rings is 2. The molecule has 0 saturated carbocycles. The topological polar surface area (TPSA) is 87.3 Å². The Bertz CT molecular complexity index is 1030. The van der Waals surface area contributed by atoms with Gasteiger partial charge >= 0.3 is 0 Å². The molecule has 29 heavy (non-hydrogen) atoms. The summed E-state index contributed by atoms with van der Waals surface area (Å²) in [6.45, 7) is 0.632. The normalized spacial score (nSPS) is 20.1. The number of carbonyl (C=O) groups excluding carboxylic acids is 1. The Hall–Kier alpha value is -2.64. The van der Waals surface area contributed by atoms with Crippen LogP contribution in [0.2, 0.25) is 0 Å². The van der Waals surface area contributed by atoms with Crippen molar-refractivity contribution in [1.82, 2.24) is 10.0 Å². The van der Waals surface area contributed by atoms with E-state index in [-0.39, 0.29) is 10.8 Å². The number of anilines is 1. The number of fused-ring (bicyclic) bond motifs is 1. The fourth-order valence-electron chi connectivity index (χ4n) is 3.77. The second kappa shape index (κ2) is 8.39. The summed E-state index contributed by atoms with van der Waals surface area (Å²) in [6, 6.07) is 13.8. The molecular formula is C22H25N3O3S. The van der Waals surface area contributed by atoms with E-state index < -0.39 is 16.2 Å². The Balaban J connectivity index is 1.39. The summed E-state index contributed by atoms with van der Waals surface area (Å²) in [5.74, 6) is -0.115. The number of sulfonamides is 1. The molecule has 0 aromatic heterocycles. The van der Waals surface area contributed by atoms with Gasteiger partial charge in [-0.2, -0.15) is 4.72 Å². The van der Waals surface area contributed by atoms with Gasteiger partial charge in [-0.15, -0.1) is 0 Å². The second-order valence-electron chi connectivity index (χ2n) is 7.43. The van der Waals surface area contributed by atoms with E-state index in [1.54, 1.807) is 48.5 Å². The predicted molar refractivity (Wildman–Crippen MR) is 113 cm³/mol. The molecule has 0 fully saturated rings. The zero-order valence-electron chi connectivity index (χ0n) is 16.1. The number of hydrogen-bond donors (Lipinski definition) is 3. The minimum atomic E-state index is -3.59. The molecule has 2 aromatic rings. The van der Waals surface area contributed by atoms with E-state index in [1.807, 2.05) is 0 Å². The summed E-state index contributed by atoms with van der Waals surface area (Å²) < 4.78 is 27.6. The summed E-state index contributed by atoms with van der Waals surface area (Å²) >= 11 is 0. The van der Waals surface area contributed by atoms with Gasteiger partial charge in [0.1, 0.15) is 11.1 Å². The van der Waals surface area contributed by atoms with Crippen molar-refractivity contribution in [2.45, 2.75) is 43.2 Å². The van der Waals surface area contributed by atoms with Crippen molar-refractivity contribution in [2.75, 3.05) is 11.9 Å². The number of hydrogen-bond acceptors (Lipinski definition) is 4. The third-order valence-electron chi connectivity index (χ3n) is 5.37. The Morgan fingerprint density at radius 2 is 1.86 bits per heavy atom. The average molecular weight is 412 g/mol. The second-order valence-corrected chi connectivity index (χ2v) is 9.11. The molecule has 0 unspecified atom stereocenters. The molecule has 2 aromatic carbocycles. The molecule has 0 spiro atoms. The van der Waals surface area contributed by atoms with E-state index in [0.717, 1.165) is 24.8 Å². The van der Waals surface area contributed by atoms with E-state index in [4.69, 9.17) is 0 Å². The number of rotatable bonds is 5. The molecule has 4 rings (SSSR count). The van der Waals surface area contributed by atoms with Gasteiger partial charge in [-0.05, 0) is 61.9 Å². The third-order valence-corrected chi connectivity index (χ3v) is 6.85. The largest absolute Gasteiger partial charge is 0.364 e. The smallest absolute Gasteiger partial charge is 0.251 e. The monoisotopic (exact) mass is 411 g/mol. The fourth-order valence-corrected chi connectivity index (χ4v) is 5.08. The van der Waals surface area contributed by atoms with Gasteiger partial charge in [0.05, 0.1) is 5.69 Å². The van der Waals surface area contributed by atoms with Crippen molar-refractivity contribution in [3.8, 4) is 0 Å². The highest BCUT2D eigenvalue weighted by molar-refractivity contribution is 7.89. The van der Waals surface area contributed by atoms with Gasteiger partial charge in [0, 0.05) is 12.1 Å². The van der Waals surface area contributed by atoms with Crippen molar-refractivity contribution >= 4 is 21.6 Å². The zero-order valence-corrected chi connectivity index (χ0v) is 17.0. The lowest BCUT2D eigenvalue weighted by Crippen LogP contribution is -2.38. The molecule has 6 nitrogen and oxygen atoms in total. The average Bonchev–Trinajstić information content (AvgIpc) is 2.74. The van der Waals surface area contributed by atoms with Crippen LogP contribution < -0.4 is 15.4 Å². The summed E-state index contributed by atoms with van der Waals surface area (Å²) in [4.78, 5) is 12.6. The van der Waals surface area contributed by atoms with Crippen LogP contribution in [0, 0.1) is 0 Å². The van der Waals surface area contributed by atoms with Gasteiger partial charge in [-0.3, -0.25) is 4.79 Å². The maximum absolute atomic E-state index is 12.5. The fraction of sp³-hybridized carbons (Fsp3) is 0.318. The SMILES string of the molecule is O=C(NCCC1=CCCCC1)c1ccc([C@@H]2Nc3ccccc3S(=O)(=O)N2)cc1. The van der Waals surface area contributed by atoms with Crippen LogP contribution in [0.1, 0.15) is 54.2 Å². The van der Waals surface area contributed by atoms with Gasteiger partial charge < -0.3 is 10.6 Å². The van der Waals surface area contributed by atoms with E-state index >= 15 is 0 Å². The molecule has 1 atom stereocenters. The molecule has 0 radical (unpaired) electrons. The lowest BCUT2D eigenvalue weighted by molar-refractivity contribution is 0.0954. The quantitative estimate of drug-likeness (QED) is 0.655. The van der Waals surface area contributed by atoms with Gasteiger partial charge in [-0.25, -0.2) is 8.42 Å². The Kier molecular flexibility index (Phi) is 5.69. The van der Waals surface area contributed by atoms with Gasteiger partial charge in [-0.1, -0.05) is 35.9 Å². The zero-order chi connectivity index (χ0) is 20.3. The van der Waals surface area contributed by atoms with Crippen LogP contribution in [-0.2, 0) is 10.0 Å². The highest BCUT2D eigenvalue weighted by Crippen LogP contribution is 2.30. The van der Waals surface area contributed by atoms with Gasteiger partial charge in [0.2, 0.25) is 10.0 Å². The number of carbonyl (C=O) groups is 1. The molecular weight excluding hydrogens is 386 g/mol. The molecule has 1 heterocycles. The van der Waals surface area contributed by atoms with Crippen molar-refractivity contribution in [3.05, 3.63) is 71.3 Å². The molecule has 7 heteroatoms. The molecule has 152 valence electrons. The van der Waals surface area contributed by atoms with Crippen LogP contribution in [0.25, 0.3) is 0 Å². The molecule has 3 N–H and O–H groups in total. The van der Waals surface area contributed by atoms with Crippen LogP contribution >= 0.6 is 0 Å². The first-order valence-corrected chi connectivity index (χ1v) is 11.5. The van der Waals surface area contributed by atoms with Crippen LogP contribution in [0.4, 0.5) is 5.69 Å². The van der Waals surface area contributed by atoms with E-state index in [0.29, 0.717) is 17.8 Å². The molecule has 2 aliphatic rings. The number of amides is 1. The van der Waals surface area contributed by atoms with Crippen molar-refractivity contribution < 1.29 is 13.2 Å². The van der Waals surface area contributed by atoms with Crippen LogP contribution in [-0.4, -0.2) is 20.9 Å². The summed E-state index contributed by atoms with van der Waals surface area (Å²) in [5.41, 5.74) is 3.30. The van der Waals surface area contributed by atoms with Crippen LogP contribution in [0.15, 0.2) is 65.1 Å². The van der Waals surface area contributed by atoms with E-state index in [1.165, 1.54) is 18.4 Å². The molecule has 1 amide bonds. The lowest BCUT2D eigenvalue weighted by atomic mass is 9.97. The highest BCUT2D eigenvalue weighted by Gasteiger charge is 2.29. The van der Waals surface area contributed by atoms with Crippen LogP contribution in [0.5, 0.6) is 0 Å². The van der Waals surface area contributed by atoms with Gasteiger partial charge in [0.15, 0.2) is 0 Å². The maximum Gasteiger partial charge on any atom is 0.251 e. The highest BCUT2D eigenvalue weighted by atomic mass is 32.2. The predicted octanol–water partition coefficient (Wildman–Crippen LogP) is 3.71. The summed E-state index contributed by atoms with van der Waals surface area (Å²) in [5, 5.41) is 6.16. The Morgan fingerprint density at radius 3 is 2.62 bits per heavy atom. The first-order chi connectivity index (χ1) is 14.0. The Morgan fingerprint density at radius 1 is 1.07 bits per heavy atom. The first-order valence-electron chi connectivity index (χ1n) is 9.97. The standard InChI is InChI=1S/C22H25N3O3S/c26-22(23-15-14-16-6-2-1-3-7-16)18-12-10-17(11-13-18)21-24-19-8-4-5-9-20(19)29(27,28)25-21/h4-6,8-13,21,24-25H,1-3,7,14-15H2,(H,23,26)/t21-/m1/s1. The molecule has 0 bridgehead atoms. The van der Waals surface area contributed by atoms with Crippen molar-refractivity contribution in [2.24, 2.45) is 0 Å². The number of allylic oxidation sites excluding steroid dienone is 1. The van der Waals surface area contributed by atoms with E-state index in [2.05, 4.69) is 21.4 Å². The van der Waals surface area contributed by atoms with Crippen molar-refractivity contribution in [3.63, 3.8) is 0 Å².